The summed E-state index contributed by atoms with van der Waals surface area (Å²) in [7, 11) is 13.7. The van der Waals surface area contributed by atoms with Crippen LogP contribution >= 0.6 is 0 Å². The molecule has 0 aliphatic rings. The molecule has 0 heterocycles. The van der Waals surface area contributed by atoms with Crippen molar-refractivity contribution in [3.05, 3.63) is 0 Å². The highest BCUT2D eigenvalue weighted by Gasteiger charge is 2.26. The normalized spacial score (nSPS) is 10.5. The number of nitrogens with one attached hydrogen (secondary N) is 1. The van der Waals surface area contributed by atoms with E-state index in [0.717, 1.165) is 39.2 Å². The topological polar surface area (TPSA) is 258 Å². The van der Waals surface area contributed by atoms with Gasteiger partial charge in [0, 0.05) is 89.5 Å². The molecule has 0 aromatic rings. The summed E-state index contributed by atoms with van der Waals surface area (Å²) in [6.45, 7) is 0.0106. The highest BCUT2D eigenvalue weighted by molar-refractivity contribution is 5.94. The van der Waals surface area contributed by atoms with Gasteiger partial charge in [0.05, 0.1) is 65.4 Å². The standard InChI is InChI=1S/C36H64N12O11/c1-25(2)38-26(49)15-39(3)28(51)17-41(5)30(53)19-43(7)32(55)21-45(9)34(57)23-47(11)36(59)24-48(12)35(58)22-46(10)33(56)20-44(8)31(54)18-42(6)29(52)16-40(4)27(50)13-14-37/h25H,13-24,37H2,1-12H3,(H,38,49). The Hall–Kier alpha value is -5.87. The second kappa shape index (κ2) is 25.5. The fraction of sp³-hybridized carbons (Fsp3) is 0.694. The molecule has 0 spiro atoms. The minimum absolute atomic E-state index is 0.0716. The van der Waals surface area contributed by atoms with Gasteiger partial charge in [-0.05, 0) is 13.8 Å². The van der Waals surface area contributed by atoms with Gasteiger partial charge in [-0.2, -0.15) is 0 Å². The summed E-state index contributed by atoms with van der Waals surface area (Å²) < 4.78 is 0. The Balaban J connectivity index is 4.88. The maximum Gasteiger partial charge on any atom is 0.242 e. The minimum Gasteiger partial charge on any atom is -0.352 e. The first kappa shape index (κ1) is 53.1. The molecular formula is C36H64N12O11. The van der Waals surface area contributed by atoms with E-state index in [1.165, 1.54) is 80.3 Å². The van der Waals surface area contributed by atoms with Gasteiger partial charge in [0.2, 0.25) is 65.0 Å². The fourth-order valence-electron chi connectivity index (χ4n) is 4.69. The average molecular weight is 841 g/mol. The highest BCUT2D eigenvalue weighted by Crippen LogP contribution is 2.01. The van der Waals surface area contributed by atoms with Gasteiger partial charge >= 0.3 is 0 Å². The maximum atomic E-state index is 12.9. The van der Waals surface area contributed by atoms with E-state index >= 15 is 0 Å². The Labute approximate surface area is 346 Å². The van der Waals surface area contributed by atoms with Crippen molar-refractivity contribution in [3.63, 3.8) is 0 Å². The van der Waals surface area contributed by atoms with Gasteiger partial charge < -0.3 is 60.0 Å². The van der Waals surface area contributed by atoms with Crippen molar-refractivity contribution in [3.8, 4) is 0 Å². The first-order valence-electron chi connectivity index (χ1n) is 18.6. The van der Waals surface area contributed by atoms with Crippen molar-refractivity contribution in [2.75, 3.05) is 142 Å². The second-order valence-corrected chi connectivity index (χ2v) is 14.8. The second-order valence-electron chi connectivity index (χ2n) is 14.8. The Bertz CT molecular complexity index is 1560. The van der Waals surface area contributed by atoms with E-state index in [2.05, 4.69) is 5.32 Å². The Morgan fingerprint density at radius 1 is 0.339 bits per heavy atom. The van der Waals surface area contributed by atoms with Gasteiger partial charge in [-0.15, -0.1) is 0 Å². The predicted octanol–water partition coefficient (Wildman–Crippen LogP) is -5.56. The molecule has 23 nitrogen and oxygen atoms in total. The molecule has 0 aliphatic heterocycles. The molecule has 0 atom stereocenters. The third-order valence-corrected chi connectivity index (χ3v) is 8.80. The van der Waals surface area contributed by atoms with E-state index in [1.54, 1.807) is 13.8 Å². The SMILES string of the molecule is CC(C)NC(=O)CN(C)C(=O)CN(C)C(=O)CN(C)C(=O)CN(C)C(=O)CN(C)C(=O)CN(C)C(=O)CN(C)C(=O)CN(C)C(=O)CN(C)C(=O)CN(C)C(=O)CCN. The quantitative estimate of drug-likeness (QED) is 0.0977. The number of nitrogens with zero attached hydrogens (tertiary/aromatic N) is 10. The largest absolute Gasteiger partial charge is 0.352 e. The minimum atomic E-state index is -0.617. The molecule has 0 aromatic heterocycles. The van der Waals surface area contributed by atoms with Crippen LogP contribution in [0.1, 0.15) is 20.3 Å². The molecule has 0 aromatic carbocycles. The van der Waals surface area contributed by atoms with Crippen molar-refractivity contribution in [1.82, 2.24) is 54.3 Å². The Kier molecular flexibility index (Phi) is 22.9. The van der Waals surface area contributed by atoms with E-state index in [0.29, 0.717) is 0 Å². The van der Waals surface area contributed by atoms with Gasteiger partial charge in [-0.1, -0.05) is 0 Å². The summed E-state index contributed by atoms with van der Waals surface area (Å²) in [5, 5.41) is 2.67. The van der Waals surface area contributed by atoms with Crippen LogP contribution in [0.4, 0.5) is 0 Å². The average Bonchev–Trinajstić information content (AvgIpc) is 3.13. The van der Waals surface area contributed by atoms with Crippen LogP contribution < -0.4 is 11.1 Å². The number of carbonyl (C=O) groups excluding carboxylic acids is 11. The van der Waals surface area contributed by atoms with Gasteiger partial charge in [0.1, 0.15) is 0 Å². The summed E-state index contributed by atoms with van der Waals surface area (Å²) in [4.78, 5) is 149. The molecule has 0 saturated carbocycles. The predicted molar refractivity (Wildman–Crippen MR) is 213 cm³/mol. The monoisotopic (exact) mass is 840 g/mol. The number of nitrogens with two attached hydrogens (primary N) is 1. The van der Waals surface area contributed by atoms with Crippen molar-refractivity contribution >= 4 is 65.0 Å². The summed E-state index contributed by atoms with van der Waals surface area (Å²) in [6.07, 6.45) is 0.0716. The third kappa shape index (κ3) is 19.9. The maximum absolute atomic E-state index is 12.9. The number of carbonyl (C=O) groups is 11. The van der Waals surface area contributed by atoms with Crippen LogP contribution in [-0.2, 0) is 52.7 Å². The lowest BCUT2D eigenvalue weighted by molar-refractivity contribution is -0.146. The summed E-state index contributed by atoms with van der Waals surface area (Å²) in [5.74, 6) is -5.81. The van der Waals surface area contributed by atoms with Crippen LogP contribution in [0.3, 0.4) is 0 Å². The van der Waals surface area contributed by atoms with Crippen LogP contribution in [-0.4, -0.2) is 262 Å². The molecule has 334 valence electrons. The van der Waals surface area contributed by atoms with Gasteiger partial charge in [-0.25, -0.2) is 0 Å². The van der Waals surface area contributed by atoms with Gasteiger partial charge in [-0.3, -0.25) is 52.7 Å². The van der Waals surface area contributed by atoms with E-state index < -0.39 is 92.4 Å². The lowest BCUT2D eigenvalue weighted by Gasteiger charge is -2.27. The van der Waals surface area contributed by atoms with Gasteiger partial charge in [0.25, 0.3) is 0 Å². The molecule has 0 fully saturated rings. The number of hydrogen-bond donors (Lipinski definition) is 2. The van der Waals surface area contributed by atoms with Gasteiger partial charge in [0.15, 0.2) is 0 Å². The smallest absolute Gasteiger partial charge is 0.242 e. The molecule has 3 N–H and O–H groups in total. The Morgan fingerprint density at radius 3 is 0.678 bits per heavy atom. The molecule has 0 saturated heterocycles. The summed E-state index contributed by atoms with van der Waals surface area (Å²) >= 11 is 0. The Morgan fingerprint density at radius 2 is 0.508 bits per heavy atom. The fourth-order valence-corrected chi connectivity index (χ4v) is 4.69. The summed E-state index contributed by atoms with van der Waals surface area (Å²) in [6, 6.07) is -0.102. The lowest BCUT2D eigenvalue weighted by atomic mass is 10.3. The number of likely N-dealkylation sites (N-methyl/N-ethyl adjacent to an activating group) is 10. The molecule has 0 radical (unpaired) electrons. The summed E-state index contributed by atoms with van der Waals surface area (Å²) in [5.41, 5.74) is 5.37. The third-order valence-electron chi connectivity index (χ3n) is 8.80. The zero-order valence-corrected chi connectivity index (χ0v) is 36.6. The number of rotatable bonds is 23. The first-order valence-corrected chi connectivity index (χ1v) is 18.6. The van der Waals surface area contributed by atoms with E-state index in [4.69, 9.17) is 5.73 Å². The highest BCUT2D eigenvalue weighted by atomic mass is 16.2. The van der Waals surface area contributed by atoms with E-state index in [-0.39, 0.29) is 57.0 Å². The van der Waals surface area contributed by atoms with Crippen molar-refractivity contribution in [2.24, 2.45) is 5.73 Å². The zero-order valence-electron chi connectivity index (χ0n) is 36.6. The van der Waals surface area contributed by atoms with Crippen LogP contribution in [0.2, 0.25) is 0 Å². The molecule has 0 aliphatic carbocycles. The number of hydrogen-bond acceptors (Lipinski definition) is 12. The lowest BCUT2D eigenvalue weighted by Crippen LogP contribution is -2.49. The van der Waals surface area contributed by atoms with Crippen LogP contribution in [0.5, 0.6) is 0 Å². The van der Waals surface area contributed by atoms with Crippen molar-refractivity contribution in [1.29, 1.82) is 0 Å². The van der Waals surface area contributed by atoms with Crippen LogP contribution in [0.15, 0.2) is 0 Å². The van der Waals surface area contributed by atoms with Crippen LogP contribution in [0, 0.1) is 0 Å². The molecular weight excluding hydrogens is 776 g/mol. The van der Waals surface area contributed by atoms with E-state index in [1.807, 2.05) is 0 Å². The first-order chi connectivity index (χ1) is 27.2. The molecule has 23 heteroatoms. The van der Waals surface area contributed by atoms with Crippen LogP contribution in [0.25, 0.3) is 0 Å². The van der Waals surface area contributed by atoms with Crippen molar-refractivity contribution < 1.29 is 52.7 Å². The molecule has 59 heavy (non-hydrogen) atoms. The molecule has 0 rings (SSSR count). The van der Waals surface area contributed by atoms with E-state index in [9.17, 15) is 52.7 Å². The molecule has 0 bridgehead atoms. The molecule has 0 unspecified atom stereocenters. The number of amides is 11. The zero-order chi connectivity index (χ0) is 45.9. The molecule has 11 amide bonds. The van der Waals surface area contributed by atoms with Crippen molar-refractivity contribution in [2.45, 2.75) is 26.3 Å².